The molecule has 0 radical (unpaired) electrons. The second-order valence-electron chi connectivity index (χ2n) is 5.13. The van der Waals surface area contributed by atoms with E-state index in [2.05, 4.69) is 21.0 Å². The lowest BCUT2D eigenvalue weighted by atomic mass is 10.3. The summed E-state index contributed by atoms with van der Waals surface area (Å²) >= 11 is 14.6. The van der Waals surface area contributed by atoms with Crippen LogP contribution in [0, 0.1) is 10.9 Å². The molecule has 1 aliphatic rings. The number of piperazine rings is 1. The molecular formula is C13H17ClN4S3. The second-order valence-corrected chi connectivity index (χ2v) is 8.75. The van der Waals surface area contributed by atoms with Gasteiger partial charge >= 0.3 is 0 Å². The van der Waals surface area contributed by atoms with Gasteiger partial charge in [-0.15, -0.1) is 11.3 Å². The van der Waals surface area contributed by atoms with Crippen molar-refractivity contribution in [3.63, 3.8) is 0 Å². The van der Waals surface area contributed by atoms with E-state index in [1.165, 1.54) is 4.88 Å². The maximum absolute atomic E-state index is 5.98. The van der Waals surface area contributed by atoms with Crippen molar-refractivity contribution < 1.29 is 0 Å². The Morgan fingerprint density at radius 2 is 1.90 bits per heavy atom. The monoisotopic (exact) mass is 360 g/mol. The minimum Gasteiger partial charge on any atom is -0.296 e. The number of halogens is 1. The number of nitrogens with zero attached hydrogens (tertiary/aromatic N) is 4. The van der Waals surface area contributed by atoms with Gasteiger partial charge in [0.2, 0.25) is 0 Å². The van der Waals surface area contributed by atoms with Gasteiger partial charge in [-0.1, -0.05) is 22.9 Å². The first-order valence-electron chi connectivity index (χ1n) is 6.83. The van der Waals surface area contributed by atoms with Gasteiger partial charge in [-0.25, -0.2) is 4.68 Å². The van der Waals surface area contributed by atoms with Gasteiger partial charge in [0.15, 0.2) is 3.95 Å². The number of rotatable bonds is 4. The minimum atomic E-state index is 0.807. The molecule has 0 saturated carbocycles. The molecular weight excluding hydrogens is 344 g/mol. The molecule has 1 aliphatic heterocycles. The highest BCUT2D eigenvalue weighted by Crippen LogP contribution is 2.23. The molecule has 2 aromatic rings. The van der Waals surface area contributed by atoms with Crippen LogP contribution in [0.4, 0.5) is 0 Å². The second kappa shape index (κ2) is 6.85. The number of hydrogen-bond donors (Lipinski definition) is 0. The van der Waals surface area contributed by atoms with E-state index in [9.17, 15) is 0 Å². The molecule has 0 bridgehead atoms. The summed E-state index contributed by atoms with van der Waals surface area (Å²) in [5, 5.41) is 5.49. The van der Waals surface area contributed by atoms with E-state index in [-0.39, 0.29) is 0 Å². The van der Waals surface area contributed by atoms with E-state index in [0.717, 1.165) is 52.7 Å². The van der Waals surface area contributed by atoms with Gasteiger partial charge in [0.1, 0.15) is 5.01 Å². The Hall–Kier alpha value is -0.310. The molecule has 0 spiro atoms. The summed E-state index contributed by atoms with van der Waals surface area (Å²) in [6.07, 6.45) is 0. The van der Waals surface area contributed by atoms with E-state index >= 15 is 0 Å². The van der Waals surface area contributed by atoms with Crippen molar-refractivity contribution in [1.29, 1.82) is 0 Å². The Morgan fingerprint density at radius 1 is 1.19 bits per heavy atom. The maximum Gasteiger partial charge on any atom is 0.180 e. The molecule has 8 heteroatoms. The molecule has 1 fully saturated rings. The molecule has 0 amide bonds. The average molecular weight is 361 g/mol. The summed E-state index contributed by atoms with van der Waals surface area (Å²) < 4.78 is 3.67. The zero-order valence-corrected chi connectivity index (χ0v) is 15.0. The van der Waals surface area contributed by atoms with Gasteiger partial charge in [0.05, 0.1) is 11.0 Å². The molecule has 3 rings (SSSR count). The molecule has 0 aromatic carbocycles. The molecule has 0 atom stereocenters. The van der Waals surface area contributed by atoms with Gasteiger partial charge in [-0.3, -0.25) is 9.80 Å². The number of aryl methyl sites for hydroxylation is 1. The van der Waals surface area contributed by atoms with Crippen molar-refractivity contribution >= 4 is 46.5 Å². The van der Waals surface area contributed by atoms with Crippen LogP contribution in [0.1, 0.15) is 9.88 Å². The summed E-state index contributed by atoms with van der Waals surface area (Å²) in [4.78, 5) is 6.22. The SMILES string of the molecule is Cc1nn(CN2CCN(Cc3ccc(Cl)s3)CC2)c(=S)s1. The van der Waals surface area contributed by atoms with Gasteiger partial charge in [0.25, 0.3) is 0 Å². The van der Waals surface area contributed by atoms with E-state index < -0.39 is 0 Å². The van der Waals surface area contributed by atoms with E-state index in [0.29, 0.717) is 0 Å². The molecule has 3 heterocycles. The minimum absolute atomic E-state index is 0.807. The summed E-state index contributed by atoms with van der Waals surface area (Å²) in [6.45, 7) is 8.07. The van der Waals surface area contributed by atoms with Crippen molar-refractivity contribution in [2.75, 3.05) is 26.2 Å². The topological polar surface area (TPSA) is 24.3 Å². The van der Waals surface area contributed by atoms with Crippen LogP contribution in [0.3, 0.4) is 0 Å². The lowest BCUT2D eigenvalue weighted by Crippen LogP contribution is -2.46. The van der Waals surface area contributed by atoms with Crippen molar-refractivity contribution in [3.8, 4) is 0 Å². The fraction of sp³-hybridized carbons (Fsp3) is 0.538. The quantitative estimate of drug-likeness (QED) is 0.779. The van der Waals surface area contributed by atoms with E-state index in [4.69, 9.17) is 23.8 Å². The molecule has 1 saturated heterocycles. The smallest absolute Gasteiger partial charge is 0.180 e. The zero-order chi connectivity index (χ0) is 14.8. The van der Waals surface area contributed by atoms with Crippen LogP contribution in [0.25, 0.3) is 0 Å². The predicted molar refractivity (Wildman–Crippen MR) is 91.9 cm³/mol. The molecule has 114 valence electrons. The predicted octanol–water partition coefficient (Wildman–Crippen LogP) is 3.47. The Kier molecular flexibility index (Phi) is 5.08. The van der Waals surface area contributed by atoms with Crippen molar-refractivity contribution in [2.24, 2.45) is 0 Å². The number of hydrogen-bond acceptors (Lipinski definition) is 6. The van der Waals surface area contributed by atoms with Crippen molar-refractivity contribution in [3.05, 3.63) is 30.3 Å². The number of thiophene rings is 1. The summed E-state index contributed by atoms with van der Waals surface area (Å²) in [5.74, 6) is 0. The summed E-state index contributed by atoms with van der Waals surface area (Å²) in [7, 11) is 0. The van der Waals surface area contributed by atoms with Crippen LogP contribution in [0.15, 0.2) is 12.1 Å². The summed E-state index contributed by atoms with van der Waals surface area (Å²) in [6, 6.07) is 4.10. The standard InChI is InChI=1S/C13H17ClN4S3/c1-10-15-18(13(19)20-10)9-17-6-4-16(5-7-17)8-11-2-3-12(14)21-11/h2-3H,4-9H2,1H3. The van der Waals surface area contributed by atoms with Crippen LogP contribution >= 0.6 is 46.5 Å². The normalized spacial score (nSPS) is 17.4. The summed E-state index contributed by atoms with van der Waals surface area (Å²) in [5.41, 5.74) is 0. The van der Waals surface area contributed by atoms with Crippen molar-refractivity contribution in [1.82, 2.24) is 19.6 Å². The highest BCUT2D eigenvalue weighted by atomic mass is 35.5. The van der Waals surface area contributed by atoms with Crippen LogP contribution in [-0.2, 0) is 13.2 Å². The van der Waals surface area contributed by atoms with Crippen molar-refractivity contribution in [2.45, 2.75) is 20.1 Å². The highest BCUT2D eigenvalue weighted by Gasteiger charge is 2.18. The van der Waals surface area contributed by atoms with Gasteiger partial charge in [-0.2, -0.15) is 5.10 Å². The van der Waals surface area contributed by atoms with Gasteiger partial charge in [0, 0.05) is 37.6 Å². The molecule has 0 N–H and O–H groups in total. The molecule has 21 heavy (non-hydrogen) atoms. The Labute approximate surface area is 142 Å². The fourth-order valence-corrected chi connectivity index (χ4v) is 4.62. The first kappa shape index (κ1) is 15.6. The van der Waals surface area contributed by atoms with Crippen LogP contribution < -0.4 is 0 Å². The first-order chi connectivity index (χ1) is 10.1. The van der Waals surface area contributed by atoms with Crippen LogP contribution in [0.2, 0.25) is 4.34 Å². The molecule has 4 nitrogen and oxygen atoms in total. The molecule has 0 unspecified atom stereocenters. The van der Waals surface area contributed by atoms with Gasteiger partial charge in [-0.05, 0) is 31.3 Å². The lowest BCUT2D eigenvalue weighted by Gasteiger charge is -2.34. The highest BCUT2D eigenvalue weighted by molar-refractivity contribution is 7.73. The molecule has 0 aliphatic carbocycles. The maximum atomic E-state index is 5.98. The third-order valence-electron chi connectivity index (χ3n) is 3.51. The average Bonchev–Trinajstić information content (AvgIpc) is 2.98. The Balaban J connectivity index is 1.51. The van der Waals surface area contributed by atoms with Crippen LogP contribution in [-0.4, -0.2) is 45.8 Å². The van der Waals surface area contributed by atoms with Gasteiger partial charge < -0.3 is 0 Å². The Bertz CT molecular complexity index is 654. The molecule has 2 aromatic heterocycles. The third kappa shape index (κ3) is 4.12. The Morgan fingerprint density at radius 3 is 2.48 bits per heavy atom. The fourth-order valence-electron chi connectivity index (χ4n) is 2.44. The lowest BCUT2D eigenvalue weighted by molar-refractivity contribution is 0.0989. The van der Waals surface area contributed by atoms with Crippen LogP contribution in [0.5, 0.6) is 0 Å². The third-order valence-corrected chi connectivity index (χ3v) is 5.95. The van der Waals surface area contributed by atoms with E-state index in [1.54, 1.807) is 22.7 Å². The largest absolute Gasteiger partial charge is 0.296 e. The van der Waals surface area contributed by atoms with E-state index in [1.807, 2.05) is 17.7 Å². The first-order valence-corrected chi connectivity index (χ1v) is 9.25. The zero-order valence-electron chi connectivity index (χ0n) is 11.8. The number of aromatic nitrogens is 2.